The minimum absolute atomic E-state index is 0.0970. The smallest absolute Gasteiger partial charge is 0.233 e. The van der Waals surface area contributed by atoms with Crippen LogP contribution in [0, 0.1) is 5.92 Å². The fourth-order valence-corrected chi connectivity index (χ4v) is 4.53. The van der Waals surface area contributed by atoms with Crippen LogP contribution in [0.15, 0.2) is 66.1 Å². The minimum Gasteiger partial charge on any atom is -0.335 e. The molecule has 1 aromatic heterocycles. The van der Waals surface area contributed by atoms with E-state index in [1.54, 1.807) is 6.33 Å². The summed E-state index contributed by atoms with van der Waals surface area (Å²) in [5.41, 5.74) is 2.66. The second-order valence-electron chi connectivity index (χ2n) is 8.09. The van der Waals surface area contributed by atoms with E-state index >= 15 is 0 Å². The van der Waals surface area contributed by atoms with E-state index in [2.05, 4.69) is 34.6 Å². The number of nitrogens with one attached hydrogen (secondary N) is 1. The second kappa shape index (κ2) is 9.99. The third-order valence-corrected chi connectivity index (χ3v) is 6.53. The van der Waals surface area contributed by atoms with Crippen LogP contribution in [0.25, 0.3) is 5.69 Å². The molecule has 1 unspecified atom stereocenters. The number of carbonyl (C=O) groups excluding carboxylic acids is 2. The molecule has 1 aliphatic rings. The minimum atomic E-state index is -0.130. The van der Waals surface area contributed by atoms with Gasteiger partial charge in [0.2, 0.25) is 11.8 Å². The number of rotatable bonds is 9. The zero-order valence-corrected chi connectivity index (χ0v) is 19.1. The molecule has 0 bridgehead atoms. The second-order valence-corrected chi connectivity index (χ2v) is 9.03. The van der Waals surface area contributed by atoms with E-state index in [1.807, 2.05) is 51.9 Å². The molecule has 1 saturated carbocycles. The molecule has 0 aliphatic heterocycles. The van der Waals surface area contributed by atoms with Gasteiger partial charge in [-0.3, -0.25) is 14.2 Å². The molecule has 7 nitrogen and oxygen atoms in total. The van der Waals surface area contributed by atoms with Gasteiger partial charge in [-0.05, 0) is 49.4 Å². The van der Waals surface area contributed by atoms with Gasteiger partial charge in [-0.1, -0.05) is 48.2 Å². The van der Waals surface area contributed by atoms with Gasteiger partial charge in [0.1, 0.15) is 6.33 Å². The molecular weight excluding hydrogens is 422 g/mol. The van der Waals surface area contributed by atoms with Crippen LogP contribution >= 0.6 is 11.8 Å². The van der Waals surface area contributed by atoms with Gasteiger partial charge < -0.3 is 10.2 Å². The van der Waals surface area contributed by atoms with E-state index in [0.717, 1.165) is 11.3 Å². The van der Waals surface area contributed by atoms with Crippen LogP contribution in [-0.4, -0.2) is 43.3 Å². The maximum Gasteiger partial charge on any atom is 0.233 e. The standard InChI is InChI=1S/C24H27N5O2S/c1-17(20-11-12-20)28(14-19-7-4-3-5-8-19)23(31)15-32-24-27-25-16-29(24)22-10-6-9-21(13-22)26-18(2)30/h3-10,13,16-17,20H,11-12,14-15H2,1-2H3,(H,26,30). The predicted molar refractivity (Wildman–Crippen MR) is 126 cm³/mol. The van der Waals surface area contributed by atoms with Crippen LogP contribution in [0.2, 0.25) is 0 Å². The summed E-state index contributed by atoms with van der Waals surface area (Å²) in [6.07, 6.45) is 3.99. The lowest BCUT2D eigenvalue weighted by molar-refractivity contribution is -0.131. The SMILES string of the molecule is CC(=O)Nc1cccc(-n2cnnc2SCC(=O)N(Cc2ccccc2)C(C)C2CC2)c1. The molecule has 1 fully saturated rings. The number of carbonyl (C=O) groups is 2. The summed E-state index contributed by atoms with van der Waals surface area (Å²) >= 11 is 1.38. The molecule has 8 heteroatoms. The Hall–Kier alpha value is -3.13. The van der Waals surface area contributed by atoms with E-state index in [9.17, 15) is 9.59 Å². The van der Waals surface area contributed by atoms with Gasteiger partial charge in [0.25, 0.3) is 0 Å². The van der Waals surface area contributed by atoms with Crippen LogP contribution in [0.4, 0.5) is 5.69 Å². The van der Waals surface area contributed by atoms with Crippen molar-refractivity contribution < 1.29 is 9.59 Å². The molecule has 4 rings (SSSR count). The van der Waals surface area contributed by atoms with Crippen molar-refractivity contribution in [1.82, 2.24) is 19.7 Å². The van der Waals surface area contributed by atoms with E-state index < -0.39 is 0 Å². The Morgan fingerprint density at radius 3 is 2.69 bits per heavy atom. The first-order chi connectivity index (χ1) is 15.5. The van der Waals surface area contributed by atoms with Gasteiger partial charge in [-0.25, -0.2) is 0 Å². The number of anilines is 1. The first kappa shape index (κ1) is 22.1. The molecule has 3 aromatic rings. The topological polar surface area (TPSA) is 80.1 Å². The lowest BCUT2D eigenvalue weighted by Gasteiger charge is -2.29. The predicted octanol–water partition coefficient (Wildman–Crippen LogP) is 4.15. The molecule has 166 valence electrons. The summed E-state index contributed by atoms with van der Waals surface area (Å²) in [4.78, 5) is 26.6. The van der Waals surface area contributed by atoms with Crippen molar-refractivity contribution in [2.45, 2.75) is 44.4 Å². The highest BCUT2D eigenvalue weighted by Gasteiger charge is 2.34. The van der Waals surface area contributed by atoms with Crippen LogP contribution in [0.1, 0.15) is 32.3 Å². The van der Waals surface area contributed by atoms with Crippen molar-refractivity contribution in [3.05, 3.63) is 66.5 Å². The van der Waals surface area contributed by atoms with Crippen molar-refractivity contribution in [3.63, 3.8) is 0 Å². The first-order valence-corrected chi connectivity index (χ1v) is 11.7. The van der Waals surface area contributed by atoms with Crippen molar-refractivity contribution in [3.8, 4) is 5.69 Å². The van der Waals surface area contributed by atoms with Crippen molar-refractivity contribution >= 4 is 29.3 Å². The van der Waals surface area contributed by atoms with Gasteiger partial charge in [-0.15, -0.1) is 10.2 Å². The van der Waals surface area contributed by atoms with Gasteiger partial charge in [0.05, 0.1) is 11.4 Å². The Bertz CT molecular complexity index is 1080. The lowest BCUT2D eigenvalue weighted by atomic mass is 10.1. The fraction of sp³-hybridized carbons (Fsp3) is 0.333. The third kappa shape index (κ3) is 5.56. The Balaban J connectivity index is 1.46. The largest absolute Gasteiger partial charge is 0.335 e. The molecular formula is C24H27N5O2S. The quantitative estimate of drug-likeness (QED) is 0.497. The summed E-state index contributed by atoms with van der Waals surface area (Å²) in [6, 6.07) is 17.8. The number of aromatic nitrogens is 3. The average Bonchev–Trinajstić information content (AvgIpc) is 3.53. The van der Waals surface area contributed by atoms with Crippen LogP contribution < -0.4 is 5.32 Å². The van der Waals surface area contributed by atoms with E-state index in [4.69, 9.17) is 0 Å². The summed E-state index contributed by atoms with van der Waals surface area (Å²) in [5, 5.41) is 11.7. The summed E-state index contributed by atoms with van der Waals surface area (Å²) in [5.74, 6) is 0.843. The van der Waals surface area contributed by atoms with Gasteiger partial charge >= 0.3 is 0 Å². The maximum atomic E-state index is 13.2. The molecule has 2 aromatic carbocycles. The summed E-state index contributed by atoms with van der Waals surface area (Å²) < 4.78 is 1.83. The number of nitrogens with zero attached hydrogens (tertiary/aromatic N) is 4. The zero-order valence-electron chi connectivity index (χ0n) is 18.3. The summed E-state index contributed by atoms with van der Waals surface area (Å²) in [7, 11) is 0. The highest BCUT2D eigenvalue weighted by molar-refractivity contribution is 7.99. The number of thioether (sulfide) groups is 1. The van der Waals surface area contributed by atoms with Crippen LogP contribution in [-0.2, 0) is 16.1 Å². The number of hydrogen-bond acceptors (Lipinski definition) is 5. The first-order valence-electron chi connectivity index (χ1n) is 10.8. The number of hydrogen-bond donors (Lipinski definition) is 1. The molecule has 0 radical (unpaired) electrons. The van der Waals surface area contributed by atoms with Gasteiger partial charge in [0, 0.05) is 25.2 Å². The number of amides is 2. The molecule has 1 aliphatic carbocycles. The lowest BCUT2D eigenvalue weighted by Crippen LogP contribution is -2.40. The maximum absolute atomic E-state index is 13.2. The summed E-state index contributed by atoms with van der Waals surface area (Å²) in [6.45, 7) is 4.24. The van der Waals surface area contributed by atoms with Gasteiger partial charge in [-0.2, -0.15) is 0 Å². The average molecular weight is 450 g/mol. The Morgan fingerprint density at radius 2 is 1.97 bits per heavy atom. The molecule has 0 saturated heterocycles. The Morgan fingerprint density at radius 1 is 1.19 bits per heavy atom. The molecule has 32 heavy (non-hydrogen) atoms. The van der Waals surface area contributed by atoms with E-state index in [0.29, 0.717) is 23.3 Å². The zero-order chi connectivity index (χ0) is 22.5. The molecule has 2 amide bonds. The monoisotopic (exact) mass is 449 g/mol. The number of benzene rings is 2. The van der Waals surface area contributed by atoms with Crippen LogP contribution in [0.3, 0.4) is 0 Å². The van der Waals surface area contributed by atoms with Gasteiger partial charge in [0.15, 0.2) is 5.16 Å². The molecule has 1 atom stereocenters. The molecule has 1 N–H and O–H groups in total. The van der Waals surface area contributed by atoms with Crippen molar-refractivity contribution in [1.29, 1.82) is 0 Å². The fourth-order valence-electron chi connectivity index (χ4n) is 3.72. The van der Waals surface area contributed by atoms with E-state index in [-0.39, 0.29) is 23.6 Å². The Labute approximate surface area is 192 Å². The highest BCUT2D eigenvalue weighted by atomic mass is 32.2. The molecule has 0 spiro atoms. The molecule has 1 heterocycles. The third-order valence-electron chi connectivity index (χ3n) is 5.60. The van der Waals surface area contributed by atoms with E-state index in [1.165, 1.54) is 31.5 Å². The van der Waals surface area contributed by atoms with Crippen LogP contribution in [0.5, 0.6) is 0 Å². The van der Waals surface area contributed by atoms with Crippen molar-refractivity contribution in [2.24, 2.45) is 5.92 Å². The normalized spacial score (nSPS) is 14.1. The van der Waals surface area contributed by atoms with Crippen molar-refractivity contribution in [2.75, 3.05) is 11.1 Å². The highest BCUT2D eigenvalue weighted by Crippen LogP contribution is 2.36. The Kier molecular flexibility index (Phi) is 6.90.